The van der Waals surface area contributed by atoms with Crippen LogP contribution in [0.3, 0.4) is 0 Å². The molecular formula is C25H31ClN2O4S. The van der Waals surface area contributed by atoms with Crippen LogP contribution in [0.4, 0.5) is 17.1 Å². The Labute approximate surface area is 204 Å². The minimum Gasteiger partial charge on any atom is -0.481 e. The number of rotatable bonds is 9. The summed E-state index contributed by atoms with van der Waals surface area (Å²) in [4.78, 5) is 13.7. The fourth-order valence-corrected chi connectivity index (χ4v) is 5.94. The topological polar surface area (TPSA) is 93.0 Å². The number of aliphatic carboxylic acids is 1. The predicted octanol–water partition coefficient (Wildman–Crippen LogP) is 5.41. The van der Waals surface area contributed by atoms with Crippen molar-refractivity contribution >= 4 is 46.4 Å². The van der Waals surface area contributed by atoms with Gasteiger partial charge in [-0.25, -0.2) is 0 Å². The van der Waals surface area contributed by atoms with E-state index in [9.17, 15) is 20.1 Å². The van der Waals surface area contributed by atoms with E-state index in [1.165, 1.54) is 11.8 Å². The molecule has 0 bridgehead atoms. The number of carbonyl (C=O) groups is 1. The third-order valence-corrected chi connectivity index (χ3v) is 7.86. The lowest BCUT2D eigenvalue weighted by Crippen LogP contribution is -2.45. The first-order valence-electron chi connectivity index (χ1n) is 11.5. The van der Waals surface area contributed by atoms with E-state index < -0.39 is 11.1 Å². The monoisotopic (exact) mass is 490 g/mol. The molecule has 2 aromatic carbocycles. The summed E-state index contributed by atoms with van der Waals surface area (Å²) in [5.74, 6) is 0.304. The number of hydrogen-bond donors (Lipinski definition) is 4. The maximum Gasteiger partial charge on any atom is 0.303 e. The molecular weight excluding hydrogens is 460 g/mol. The van der Waals surface area contributed by atoms with E-state index in [1.54, 1.807) is 0 Å². The molecule has 2 aromatic rings. The summed E-state index contributed by atoms with van der Waals surface area (Å²) in [6.45, 7) is 2.77. The highest BCUT2D eigenvalue weighted by Crippen LogP contribution is 2.46. The Balaban J connectivity index is 1.71. The molecule has 2 aliphatic rings. The van der Waals surface area contributed by atoms with Crippen molar-refractivity contribution in [3.05, 3.63) is 53.1 Å². The molecule has 1 aliphatic heterocycles. The van der Waals surface area contributed by atoms with E-state index in [0.717, 1.165) is 41.9 Å². The maximum absolute atomic E-state index is 11.5. The predicted molar refractivity (Wildman–Crippen MR) is 135 cm³/mol. The minimum atomic E-state index is -1.72. The summed E-state index contributed by atoms with van der Waals surface area (Å²) in [6, 6.07) is 13.6. The molecule has 4 N–H and O–H groups in total. The zero-order valence-electron chi connectivity index (χ0n) is 18.7. The molecule has 33 heavy (non-hydrogen) atoms. The first-order valence-corrected chi connectivity index (χ1v) is 12.9. The summed E-state index contributed by atoms with van der Waals surface area (Å²) in [6.07, 6.45) is 3.37. The number of anilines is 3. The summed E-state index contributed by atoms with van der Waals surface area (Å²) < 4.78 is 0. The molecule has 0 spiro atoms. The molecule has 1 saturated carbocycles. The average molecular weight is 491 g/mol. The average Bonchev–Trinajstić information content (AvgIpc) is 3.60. The SMILES string of the molecule is CCN(c1ccc(C(CC(=O)O)C2CC2)cc1Nc1ccc(Cl)cc1)C1CCSC(O)(O)C1. The molecule has 1 heterocycles. The van der Waals surface area contributed by atoms with E-state index >= 15 is 0 Å². The summed E-state index contributed by atoms with van der Waals surface area (Å²) in [5.41, 5.74) is 3.75. The number of nitrogens with one attached hydrogen (secondary N) is 1. The number of thioether (sulfide) groups is 1. The Morgan fingerprint density at radius 1 is 1.21 bits per heavy atom. The molecule has 0 amide bonds. The van der Waals surface area contributed by atoms with Gasteiger partial charge in [-0.2, -0.15) is 0 Å². The van der Waals surface area contributed by atoms with Crippen molar-refractivity contribution in [1.29, 1.82) is 0 Å². The Morgan fingerprint density at radius 3 is 2.55 bits per heavy atom. The van der Waals surface area contributed by atoms with Gasteiger partial charge in [0.2, 0.25) is 5.12 Å². The van der Waals surface area contributed by atoms with Gasteiger partial charge >= 0.3 is 5.97 Å². The van der Waals surface area contributed by atoms with Crippen LogP contribution in [0, 0.1) is 5.92 Å². The molecule has 0 radical (unpaired) electrons. The number of hydrogen-bond acceptors (Lipinski definition) is 6. The highest BCUT2D eigenvalue weighted by Gasteiger charge is 2.37. The van der Waals surface area contributed by atoms with Gasteiger partial charge in [0.15, 0.2) is 0 Å². The molecule has 0 aromatic heterocycles. The third-order valence-electron chi connectivity index (χ3n) is 6.53. The normalized spacial score (nSPS) is 20.8. The van der Waals surface area contributed by atoms with Crippen LogP contribution in [-0.2, 0) is 4.79 Å². The molecule has 8 heteroatoms. The Morgan fingerprint density at radius 2 is 1.94 bits per heavy atom. The van der Waals surface area contributed by atoms with Crippen molar-refractivity contribution in [3.8, 4) is 0 Å². The van der Waals surface area contributed by atoms with E-state index in [-0.39, 0.29) is 24.8 Å². The molecule has 2 atom stereocenters. The van der Waals surface area contributed by atoms with E-state index in [4.69, 9.17) is 11.6 Å². The highest BCUT2D eigenvalue weighted by atomic mass is 35.5. The summed E-state index contributed by atoms with van der Waals surface area (Å²) in [5, 5.41) is 32.4. The van der Waals surface area contributed by atoms with Crippen LogP contribution < -0.4 is 10.2 Å². The molecule has 4 rings (SSSR count). The van der Waals surface area contributed by atoms with Crippen LogP contribution in [0.15, 0.2) is 42.5 Å². The molecule has 1 saturated heterocycles. The van der Waals surface area contributed by atoms with Crippen LogP contribution in [0.1, 0.15) is 50.5 Å². The lowest BCUT2D eigenvalue weighted by Gasteiger charge is -2.40. The number of benzene rings is 2. The van der Waals surface area contributed by atoms with Gasteiger partial charge in [-0.15, -0.1) is 0 Å². The largest absolute Gasteiger partial charge is 0.481 e. The van der Waals surface area contributed by atoms with E-state index in [0.29, 0.717) is 23.2 Å². The van der Waals surface area contributed by atoms with Crippen molar-refractivity contribution < 1.29 is 20.1 Å². The van der Waals surface area contributed by atoms with Crippen LogP contribution in [0.25, 0.3) is 0 Å². The first-order chi connectivity index (χ1) is 15.8. The first kappa shape index (κ1) is 24.2. The molecule has 178 valence electrons. The van der Waals surface area contributed by atoms with E-state index in [1.807, 2.05) is 36.4 Å². The summed E-state index contributed by atoms with van der Waals surface area (Å²) >= 11 is 7.24. The van der Waals surface area contributed by atoms with Crippen LogP contribution in [-0.4, -0.2) is 44.7 Å². The standard InChI is InChI=1S/C25H31ClN2O4S/c1-2-28(20-11-12-33-25(31,32)15-20)23-10-5-17(21(14-24(29)30)16-3-4-16)13-22(23)27-19-8-6-18(26)7-9-19/h5-10,13,16,20-21,27,31-32H,2-4,11-12,14-15H2,1H3,(H,29,30). The maximum atomic E-state index is 11.5. The van der Waals surface area contributed by atoms with Crippen LogP contribution >= 0.6 is 23.4 Å². The second-order valence-corrected chi connectivity index (χ2v) is 10.8. The molecule has 1 aliphatic carbocycles. The number of halogens is 1. The lowest BCUT2D eigenvalue weighted by atomic mass is 9.90. The van der Waals surface area contributed by atoms with Gasteiger partial charge in [-0.3, -0.25) is 4.79 Å². The molecule has 2 unspecified atom stereocenters. The van der Waals surface area contributed by atoms with Gasteiger partial charge in [-0.05, 0) is 80.0 Å². The van der Waals surface area contributed by atoms with Gasteiger partial charge in [0.1, 0.15) is 0 Å². The Bertz CT molecular complexity index is 981. The number of aliphatic hydroxyl groups is 2. The second-order valence-electron chi connectivity index (χ2n) is 8.97. The van der Waals surface area contributed by atoms with Crippen molar-refractivity contribution in [1.82, 2.24) is 0 Å². The van der Waals surface area contributed by atoms with Crippen molar-refractivity contribution in [3.63, 3.8) is 0 Å². The summed E-state index contributed by atoms with van der Waals surface area (Å²) in [7, 11) is 0. The fraction of sp³-hybridized carbons (Fsp3) is 0.480. The minimum absolute atomic E-state index is 0.00833. The quantitative estimate of drug-likeness (QED) is 0.349. The Kier molecular flexibility index (Phi) is 7.43. The Hall–Kier alpha value is -1.93. The van der Waals surface area contributed by atoms with Gasteiger partial charge in [0.05, 0.1) is 17.8 Å². The van der Waals surface area contributed by atoms with Gasteiger partial charge < -0.3 is 25.5 Å². The lowest BCUT2D eigenvalue weighted by molar-refractivity contribution is -0.137. The second kappa shape index (κ2) is 10.1. The molecule has 2 fully saturated rings. The number of carboxylic acids is 1. The van der Waals surface area contributed by atoms with Gasteiger partial charge in [-0.1, -0.05) is 29.4 Å². The third kappa shape index (κ3) is 6.15. The van der Waals surface area contributed by atoms with Gasteiger partial charge in [0, 0.05) is 35.5 Å². The zero-order chi connectivity index (χ0) is 23.6. The number of nitrogens with zero attached hydrogens (tertiary/aromatic N) is 1. The van der Waals surface area contributed by atoms with Crippen molar-refractivity contribution in [2.45, 2.75) is 56.1 Å². The van der Waals surface area contributed by atoms with Crippen molar-refractivity contribution in [2.75, 3.05) is 22.5 Å². The van der Waals surface area contributed by atoms with E-state index in [2.05, 4.69) is 23.2 Å². The smallest absolute Gasteiger partial charge is 0.303 e. The van der Waals surface area contributed by atoms with Crippen molar-refractivity contribution in [2.24, 2.45) is 5.92 Å². The fourth-order valence-electron chi connectivity index (χ4n) is 4.78. The van der Waals surface area contributed by atoms with Crippen LogP contribution in [0.5, 0.6) is 0 Å². The van der Waals surface area contributed by atoms with Gasteiger partial charge in [0.25, 0.3) is 0 Å². The van der Waals surface area contributed by atoms with Crippen LogP contribution in [0.2, 0.25) is 5.02 Å². The highest BCUT2D eigenvalue weighted by molar-refractivity contribution is 8.00. The zero-order valence-corrected chi connectivity index (χ0v) is 20.3. The number of carboxylic acid groups (broad SMARTS) is 1. The molecule has 6 nitrogen and oxygen atoms in total.